The number of hydrogen-bond acceptors (Lipinski definition) is 3. The smallest absolute Gasteiger partial charge is 0.123 e. The lowest BCUT2D eigenvalue weighted by Crippen LogP contribution is -2.35. The first-order valence-corrected chi connectivity index (χ1v) is 9.17. The van der Waals surface area contributed by atoms with Crippen LogP contribution in [0.2, 0.25) is 0 Å². The number of nitrogens with zero attached hydrogens (tertiary/aromatic N) is 1. The van der Waals surface area contributed by atoms with Gasteiger partial charge in [0.05, 0.1) is 0 Å². The van der Waals surface area contributed by atoms with E-state index >= 15 is 0 Å². The van der Waals surface area contributed by atoms with Gasteiger partial charge in [-0.3, -0.25) is 0 Å². The van der Waals surface area contributed by atoms with Crippen LogP contribution in [0, 0.1) is 0 Å². The van der Waals surface area contributed by atoms with E-state index in [1.807, 2.05) is 0 Å². The average molecular weight is 336 g/mol. The van der Waals surface area contributed by atoms with Gasteiger partial charge in [-0.2, -0.15) is 0 Å². The molecule has 24 heavy (non-hydrogen) atoms. The van der Waals surface area contributed by atoms with E-state index in [1.54, 1.807) is 0 Å². The third-order valence-electron chi connectivity index (χ3n) is 4.45. The molecule has 0 amide bonds. The fourth-order valence-electron chi connectivity index (χ4n) is 2.73. The van der Waals surface area contributed by atoms with E-state index < -0.39 is 6.10 Å². The van der Waals surface area contributed by atoms with Gasteiger partial charge in [-0.15, -0.1) is 0 Å². The molecular weight excluding hydrogens is 298 g/mol. The minimum Gasteiger partial charge on any atom is -0.491 e. The van der Waals surface area contributed by atoms with Crippen molar-refractivity contribution in [1.29, 1.82) is 0 Å². The highest BCUT2D eigenvalue weighted by Crippen LogP contribution is 2.35. The molecule has 1 N–H and O–H groups in total. The summed E-state index contributed by atoms with van der Waals surface area (Å²) in [6.07, 6.45) is -0.472. The van der Waals surface area contributed by atoms with Crippen LogP contribution in [0.4, 0.5) is 0 Å². The van der Waals surface area contributed by atoms with E-state index in [2.05, 4.69) is 78.5 Å². The van der Waals surface area contributed by atoms with Crippen molar-refractivity contribution in [2.24, 2.45) is 0 Å². The summed E-state index contributed by atoms with van der Waals surface area (Å²) in [6, 6.07) is 6.46. The molecule has 0 radical (unpaired) electrons. The van der Waals surface area contributed by atoms with Crippen LogP contribution in [0.3, 0.4) is 0 Å². The van der Waals surface area contributed by atoms with Gasteiger partial charge in [-0.05, 0) is 41.1 Å². The second-order valence-corrected chi connectivity index (χ2v) is 8.66. The van der Waals surface area contributed by atoms with Crippen LogP contribution in [0.25, 0.3) is 0 Å². The topological polar surface area (TPSA) is 32.7 Å². The van der Waals surface area contributed by atoms with Crippen LogP contribution < -0.4 is 4.74 Å². The molecule has 0 spiro atoms. The molecule has 1 aromatic rings. The Morgan fingerprint density at radius 2 is 1.58 bits per heavy atom. The van der Waals surface area contributed by atoms with Gasteiger partial charge in [0.25, 0.3) is 0 Å². The summed E-state index contributed by atoms with van der Waals surface area (Å²) >= 11 is 0. The molecule has 0 fully saturated rings. The summed E-state index contributed by atoms with van der Waals surface area (Å²) in [5.74, 6) is 0.883. The van der Waals surface area contributed by atoms with Crippen LogP contribution in [-0.2, 0) is 10.8 Å². The molecule has 0 aromatic heterocycles. The standard InChI is InChI=1S/C21H37NO2/c1-9-22(10-2)14-17(23)15-24-19-12-11-16(20(3,4)5)13-18(19)21(6,7)8/h11-13,17,23H,9-10,14-15H2,1-8H3/t17-/m1/s1. The highest BCUT2D eigenvalue weighted by atomic mass is 16.5. The van der Waals surface area contributed by atoms with Crippen LogP contribution >= 0.6 is 0 Å². The minimum absolute atomic E-state index is 0.000415. The van der Waals surface area contributed by atoms with Crippen molar-refractivity contribution >= 4 is 0 Å². The van der Waals surface area contributed by atoms with Crippen LogP contribution in [0.1, 0.15) is 66.5 Å². The molecule has 0 unspecified atom stereocenters. The van der Waals surface area contributed by atoms with Gasteiger partial charge in [0, 0.05) is 6.54 Å². The van der Waals surface area contributed by atoms with Crippen LogP contribution in [0.15, 0.2) is 18.2 Å². The second kappa shape index (κ2) is 8.35. The van der Waals surface area contributed by atoms with Crippen molar-refractivity contribution in [1.82, 2.24) is 4.90 Å². The summed E-state index contributed by atoms with van der Waals surface area (Å²) in [5.41, 5.74) is 2.62. The lowest BCUT2D eigenvalue weighted by atomic mass is 9.80. The lowest BCUT2D eigenvalue weighted by molar-refractivity contribution is 0.0709. The van der Waals surface area contributed by atoms with E-state index in [-0.39, 0.29) is 10.8 Å². The number of likely N-dealkylation sites (N-methyl/N-ethyl adjacent to an activating group) is 1. The van der Waals surface area contributed by atoms with Gasteiger partial charge < -0.3 is 14.7 Å². The lowest BCUT2D eigenvalue weighted by Gasteiger charge is -2.28. The molecule has 0 bridgehead atoms. The Bertz CT molecular complexity index is 508. The molecule has 3 nitrogen and oxygen atoms in total. The van der Waals surface area contributed by atoms with E-state index in [1.165, 1.54) is 11.1 Å². The van der Waals surface area contributed by atoms with Gasteiger partial charge in [-0.25, -0.2) is 0 Å². The Morgan fingerprint density at radius 1 is 1.00 bits per heavy atom. The third-order valence-corrected chi connectivity index (χ3v) is 4.45. The first kappa shape index (κ1) is 21.0. The zero-order valence-electron chi connectivity index (χ0n) is 16.9. The monoisotopic (exact) mass is 335 g/mol. The second-order valence-electron chi connectivity index (χ2n) is 8.66. The molecule has 1 atom stereocenters. The molecular formula is C21H37NO2. The molecule has 138 valence electrons. The van der Waals surface area contributed by atoms with Crippen molar-refractivity contribution in [3.63, 3.8) is 0 Å². The van der Waals surface area contributed by atoms with E-state index in [9.17, 15) is 5.11 Å². The summed E-state index contributed by atoms with van der Waals surface area (Å²) in [7, 11) is 0. The molecule has 0 aliphatic heterocycles. The average Bonchev–Trinajstić information content (AvgIpc) is 2.48. The van der Waals surface area contributed by atoms with Gasteiger partial charge in [0.2, 0.25) is 0 Å². The third kappa shape index (κ3) is 6.10. The number of aliphatic hydroxyl groups is 1. The predicted molar refractivity (Wildman–Crippen MR) is 103 cm³/mol. The highest BCUT2D eigenvalue weighted by Gasteiger charge is 2.23. The molecule has 0 saturated carbocycles. The maximum Gasteiger partial charge on any atom is 0.123 e. The number of ether oxygens (including phenoxy) is 1. The van der Waals surface area contributed by atoms with Gasteiger partial charge in [0.1, 0.15) is 18.5 Å². The Morgan fingerprint density at radius 3 is 2.04 bits per heavy atom. The number of benzene rings is 1. The van der Waals surface area contributed by atoms with E-state index in [0.717, 1.165) is 18.8 Å². The molecule has 0 saturated heterocycles. The quantitative estimate of drug-likeness (QED) is 0.803. The number of aliphatic hydroxyl groups excluding tert-OH is 1. The highest BCUT2D eigenvalue weighted by molar-refractivity contribution is 5.43. The zero-order chi connectivity index (χ0) is 18.5. The maximum atomic E-state index is 10.3. The minimum atomic E-state index is -0.472. The summed E-state index contributed by atoms with van der Waals surface area (Å²) in [5, 5.41) is 10.3. The van der Waals surface area contributed by atoms with Gasteiger partial charge in [0.15, 0.2) is 0 Å². The van der Waals surface area contributed by atoms with Crippen molar-refractivity contribution in [3.8, 4) is 5.75 Å². The van der Waals surface area contributed by atoms with Crippen LogP contribution in [-0.4, -0.2) is 42.4 Å². The molecule has 1 aromatic carbocycles. The fourth-order valence-corrected chi connectivity index (χ4v) is 2.73. The predicted octanol–water partition coefficient (Wildman–Crippen LogP) is 4.36. The summed E-state index contributed by atoms with van der Waals surface area (Å²) in [4.78, 5) is 2.21. The maximum absolute atomic E-state index is 10.3. The van der Waals surface area contributed by atoms with Crippen molar-refractivity contribution < 1.29 is 9.84 Å². The summed E-state index contributed by atoms with van der Waals surface area (Å²) < 4.78 is 6.01. The van der Waals surface area contributed by atoms with Gasteiger partial charge >= 0.3 is 0 Å². The van der Waals surface area contributed by atoms with Crippen molar-refractivity contribution in [2.75, 3.05) is 26.2 Å². The Labute approximate surface area is 149 Å². The Kier molecular flexibility index (Phi) is 7.30. The number of hydrogen-bond donors (Lipinski definition) is 1. The molecule has 3 heteroatoms. The van der Waals surface area contributed by atoms with Gasteiger partial charge in [-0.1, -0.05) is 67.5 Å². The van der Waals surface area contributed by atoms with E-state index in [4.69, 9.17) is 4.74 Å². The first-order chi connectivity index (χ1) is 11.0. The number of rotatable bonds is 7. The zero-order valence-corrected chi connectivity index (χ0v) is 16.9. The molecule has 1 rings (SSSR count). The largest absolute Gasteiger partial charge is 0.491 e. The Balaban J connectivity index is 2.91. The van der Waals surface area contributed by atoms with Crippen molar-refractivity contribution in [3.05, 3.63) is 29.3 Å². The first-order valence-electron chi connectivity index (χ1n) is 9.17. The summed E-state index contributed by atoms with van der Waals surface area (Å²) in [6.45, 7) is 20.4. The van der Waals surface area contributed by atoms with Crippen LogP contribution in [0.5, 0.6) is 5.75 Å². The van der Waals surface area contributed by atoms with Crippen molar-refractivity contribution in [2.45, 2.75) is 72.3 Å². The molecule has 0 heterocycles. The normalized spacial score (nSPS) is 14.1. The van der Waals surface area contributed by atoms with E-state index in [0.29, 0.717) is 13.2 Å². The Hall–Kier alpha value is -1.06. The SMILES string of the molecule is CCN(CC)C[C@@H](O)COc1ccc(C(C)(C)C)cc1C(C)(C)C. The fraction of sp³-hybridized carbons (Fsp3) is 0.714. The molecule has 0 aliphatic rings. The molecule has 0 aliphatic carbocycles.